The van der Waals surface area contributed by atoms with Gasteiger partial charge in [-0.15, -0.1) is 0 Å². The van der Waals surface area contributed by atoms with Crippen molar-refractivity contribution in [3.8, 4) is 0 Å². The number of rotatable bonds is 3. The van der Waals surface area contributed by atoms with Crippen molar-refractivity contribution in [2.45, 2.75) is 25.4 Å². The summed E-state index contributed by atoms with van der Waals surface area (Å²) in [5.74, 6) is 0. The second-order valence-corrected chi connectivity index (χ2v) is 6.70. The van der Waals surface area contributed by atoms with Crippen LogP contribution in [0.25, 0.3) is 0 Å². The Hall–Kier alpha value is -1.07. The zero-order valence-corrected chi connectivity index (χ0v) is 14.5. The lowest BCUT2D eigenvalue weighted by Gasteiger charge is -2.42. The molecule has 1 N–H and O–H groups in total. The number of para-hydroxylation sites is 1. The number of benzene rings is 2. The lowest BCUT2D eigenvalue weighted by atomic mass is 10.00. The third kappa shape index (κ3) is 3.24. The lowest BCUT2D eigenvalue weighted by molar-refractivity contribution is 0.392. The SMILES string of the molecule is CCC1CNC(c2ccccc2)CN1c1ccccc1I. The Balaban J connectivity index is 1.88. The van der Waals surface area contributed by atoms with Gasteiger partial charge in [0.15, 0.2) is 0 Å². The largest absolute Gasteiger partial charge is 0.365 e. The van der Waals surface area contributed by atoms with Gasteiger partial charge in [-0.1, -0.05) is 49.4 Å². The standard InChI is InChI=1S/C18H21IN2/c1-2-15-12-20-17(14-8-4-3-5-9-14)13-21(15)18-11-7-6-10-16(18)19/h3-11,15,17,20H,2,12-13H2,1H3. The summed E-state index contributed by atoms with van der Waals surface area (Å²) < 4.78 is 1.34. The molecule has 0 aliphatic carbocycles. The summed E-state index contributed by atoms with van der Waals surface area (Å²) in [5, 5.41) is 3.71. The summed E-state index contributed by atoms with van der Waals surface area (Å²) in [4.78, 5) is 2.58. The first-order valence-corrected chi connectivity index (χ1v) is 8.67. The molecule has 0 bridgehead atoms. The molecule has 2 aromatic carbocycles. The first-order valence-electron chi connectivity index (χ1n) is 7.59. The molecule has 1 heterocycles. The van der Waals surface area contributed by atoms with Crippen molar-refractivity contribution in [2.75, 3.05) is 18.0 Å². The third-order valence-corrected chi connectivity index (χ3v) is 5.17. The van der Waals surface area contributed by atoms with Crippen LogP contribution in [0.2, 0.25) is 0 Å². The molecule has 0 aromatic heterocycles. The molecule has 21 heavy (non-hydrogen) atoms. The summed E-state index contributed by atoms with van der Waals surface area (Å²) in [5.41, 5.74) is 2.75. The highest BCUT2D eigenvalue weighted by Crippen LogP contribution is 2.30. The van der Waals surface area contributed by atoms with E-state index in [0.29, 0.717) is 12.1 Å². The Morgan fingerprint density at radius 1 is 1.10 bits per heavy atom. The van der Waals surface area contributed by atoms with Gasteiger partial charge in [-0.05, 0) is 46.7 Å². The maximum Gasteiger partial charge on any atom is 0.0505 e. The van der Waals surface area contributed by atoms with Gasteiger partial charge in [0.2, 0.25) is 0 Å². The minimum Gasteiger partial charge on any atom is -0.365 e. The quantitative estimate of drug-likeness (QED) is 0.787. The summed E-state index contributed by atoms with van der Waals surface area (Å²) in [6, 6.07) is 20.5. The zero-order valence-electron chi connectivity index (χ0n) is 12.3. The molecule has 2 atom stereocenters. The lowest BCUT2D eigenvalue weighted by Crippen LogP contribution is -2.52. The fourth-order valence-electron chi connectivity index (χ4n) is 3.05. The highest BCUT2D eigenvalue weighted by Gasteiger charge is 2.28. The smallest absolute Gasteiger partial charge is 0.0505 e. The van der Waals surface area contributed by atoms with Crippen molar-refractivity contribution in [1.29, 1.82) is 0 Å². The molecule has 2 nitrogen and oxygen atoms in total. The maximum absolute atomic E-state index is 3.71. The summed E-state index contributed by atoms with van der Waals surface area (Å²) in [7, 11) is 0. The molecule has 2 aromatic rings. The van der Waals surface area contributed by atoms with E-state index < -0.39 is 0 Å². The minimum atomic E-state index is 0.407. The number of nitrogens with zero attached hydrogens (tertiary/aromatic N) is 1. The molecule has 0 spiro atoms. The van der Waals surface area contributed by atoms with E-state index in [2.05, 4.69) is 94.3 Å². The topological polar surface area (TPSA) is 15.3 Å². The van der Waals surface area contributed by atoms with Crippen LogP contribution >= 0.6 is 22.6 Å². The van der Waals surface area contributed by atoms with Crippen LogP contribution in [-0.4, -0.2) is 19.1 Å². The summed E-state index contributed by atoms with van der Waals surface area (Å²) in [6.45, 7) is 4.35. The molecular formula is C18H21IN2. The fourth-order valence-corrected chi connectivity index (χ4v) is 3.75. The van der Waals surface area contributed by atoms with Crippen LogP contribution in [0.4, 0.5) is 5.69 Å². The molecule has 2 unspecified atom stereocenters. The highest BCUT2D eigenvalue weighted by molar-refractivity contribution is 14.1. The zero-order chi connectivity index (χ0) is 14.7. The predicted molar refractivity (Wildman–Crippen MR) is 97.8 cm³/mol. The van der Waals surface area contributed by atoms with Gasteiger partial charge in [-0.2, -0.15) is 0 Å². The van der Waals surface area contributed by atoms with E-state index >= 15 is 0 Å². The van der Waals surface area contributed by atoms with Crippen molar-refractivity contribution in [2.24, 2.45) is 0 Å². The van der Waals surface area contributed by atoms with Crippen LogP contribution in [-0.2, 0) is 0 Å². The molecule has 1 fully saturated rings. The fraction of sp³-hybridized carbons (Fsp3) is 0.333. The van der Waals surface area contributed by atoms with E-state index in [4.69, 9.17) is 0 Å². The van der Waals surface area contributed by atoms with E-state index in [1.54, 1.807) is 0 Å². The van der Waals surface area contributed by atoms with Gasteiger partial charge in [-0.3, -0.25) is 0 Å². The number of hydrogen-bond donors (Lipinski definition) is 1. The molecule has 1 aliphatic rings. The Bertz CT molecular complexity index is 585. The van der Waals surface area contributed by atoms with Gasteiger partial charge in [0.05, 0.1) is 5.69 Å². The van der Waals surface area contributed by atoms with Crippen molar-refractivity contribution in [3.63, 3.8) is 0 Å². The Kier molecular flexibility index (Phi) is 4.80. The third-order valence-electron chi connectivity index (χ3n) is 4.25. The van der Waals surface area contributed by atoms with Gasteiger partial charge in [0, 0.05) is 28.7 Å². The molecule has 110 valence electrons. The molecule has 0 radical (unpaired) electrons. The van der Waals surface area contributed by atoms with Crippen molar-refractivity contribution in [3.05, 3.63) is 63.7 Å². The van der Waals surface area contributed by atoms with Gasteiger partial charge >= 0.3 is 0 Å². The monoisotopic (exact) mass is 392 g/mol. The number of nitrogens with one attached hydrogen (secondary N) is 1. The molecule has 1 saturated heterocycles. The summed E-state index contributed by atoms with van der Waals surface area (Å²) >= 11 is 2.45. The second kappa shape index (κ2) is 6.79. The summed E-state index contributed by atoms with van der Waals surface area (Å²) in [6.07, 6.45) is 1.17. The van der Waals surface area contributed by atoms with Crippen molar-refractivity contribution >= 4 is 28.3 Å². The number of halogens is 1. The normalized spacial score (nSPS) is 22.3. The molecule has 3 heteroatoms. The van der Waals surface area contributed by atoms with Gasteiger partial charge in [0.25, 0.3) is 0 Å². The van der Waals surface area contributed by atoms with Crippen LogP contribution in [0.1, 0.15) is 24.9 Å². The first-order chi connectivity index (χ1) is 10.3. The van der Waals surface area contributed by atoms with E-state index in [1.165, 1.54) is 21.2 Å². The number of anilines is 1. The van der Waals surface area contributed by atoms with Crippen molar-refractivity contribution in [1.82, 2.24) is 5.32 Å². The van der Waals surface area contributed by atoms with E-state index in [-0.39, 0.29) is 0 Å². The van der Waals surface area contributed by atoms with Gasteiger partial charge in [0.1, 0.15) is 0 Å². The van der Waals surface area contributed by atoms with Gasteiger partial charge < -0.3 is 10.2 Å². The van der Waals surface area contributed by atoms with Crippen molar-refractivity contribution < 1.29 is 0 Å². The average molecular weight is 392 g/mol. The Labute approximate surface area is 140 Å². The van der Waals surface area contributed by atoms with E-state index in [1.807, 2.05) is 0 Å². The maximum atomic E-state index is 3.71. The van der Waals surface area contributed by atoms with Gasteiger partial charge in [-0.25, -0.2) is 0 Å². The Morgan fingerprint density at radius 2 is 1.81 bits per heavy atom. The van der Waals surface area contributed by atoms with E-state index in [9.17, 15) is 0 Å². The van der Waals surface area contributed by atoms with Crippen LogP contribution in [0.3, 0.4) is 0 Å². The molecule has 0 amide bonds. The minimum absolute atomic E-state index is 0.407. The first kappa shape index (κ1) is 14.9. The van der Waals surface area contributed by atoms with Crippen LogP contribution in [0, 0.1) is 3.57 Å². The van der Waals surface area contributed by atoms with Crippen LogP contribution in [0.5, 0.6) is 0 Å². The average Bonchev–Trinajstić information content (AvgIpc) is 2.55. The molecule has 3 rings (SSSR count). The highest BCUT2D eigenvalue weighted by atomic mass is 127. The molecular weight excluding hydrogens is 371 g/mol. The molecule has 1 aliphatic heterocycles. The number of hydrogen-bond acceptors (Lipinski definition) is 2. The predicted octanol–water partition coefficient (Wildman–Crippen LogP) is 4.22. The van der Waals surface area contributed by atoms with E-state index in [0.717, 1.165) is 13.1 Å². The van der Waals surface area contributed by atoms with Crippen LogP contribution in [0.15, 0.2) is 54.6 Å². The Morgan fingerprint density at radius 3 is 2.52 bits per heavy atom. The molecule has 0 saturated carbocycles. The number of piperazine rings is 1. The van der Waals surface area contributed by atoms with Crippen LogP contribution < -0.4 is 10.2 Å². The second-order valence-electron chi connectivity index (χ2n) is 5.54.